The molecule has 204 valence electrons. The van der Waals surface area contributed by atoms with Gasteiger partial charge in [0.15, 0.2) is 0 Å². The Morgan fingerprint density at radius 1 is 1.08 bits per heavy atom. The van der Waals surface area contributed by atoms with Crippen LogP contribution < -0.4 is 5.73 Å². The quantitative estimate of drug-likeness (QED) is 0.501. The van der Waals surface area contributed by atoms with Gasteiger partial charge in [-0.1, -0.05) is 23.7 Å². The fourth-order valence-corrected chi connectivity index (χ4v) is 4.40. The number of halogens is 1. The van der Waals surface area contributed by atoms with Gasteiger partial charge in [-0.05, 0) is 74.5 Å². The highest BCUT2D eigenvalue weighted by Crippen LogP contribution is 2.37. The lowest BCUT2D eigenvalue weighted by Crippen LogP contribution is -2.42. The Labute approximate surface area is 231 Å². The number of fused-ring (bicyclic) bond motifs is 2. The number of benzene rings is 1. The third-order valence-corrected chi connectivity index (χ3v) is 6.77. The van der Waals surface area contributed by atoms with Gasteiger partial charge >= 0.3 is 0 Å². The summed E-state index contributed by atoms with van der Waals surface area (Å²) in [7, 11) is 6.30. The number of rotatable bonds is 4. The molecule has 1 aromatic carbocycles. The summed E-state index contributed by atoms with van der Waals surface area (Å²) in [5.41, 5.74) is 13.0. The van der Waals surface area contributed by atoms with Crippen LogP contribution in [0.2, 0.25) is 5.02 Å². The van der Waals surface area contributed by atoms with Gasteiger partial charge in [0.25, 0.3) is 6.47 Å². The van der Waals surface area contributed by atoms with Crippen molar-refractivity contribution in [1.82, 2.24) is 24.3 Å². The minimum atomic E-state index is -0.291. The van der Waals surface area contributed by atoms with Crippen molar-refractivity contribution in [2.24, 2.45) is 12.8 Å². The molecule has 1 saturated heterocycles. The Bertz CT molecular complexity index is 1210. The number of carbonyl (C=O) groups is 1. The molecule has 2 aromatic heterocycles. The second kappa shape index (κ2) is 14.2. The molecular weight excluding hydrogens is 500 g/mol. The van der Waals surface area contributed by atoms with Gasteiger partial charge in [-0.15, -0.1) is 0 Å². The topological polar surface area (TPSA) is 89.5 Å². The molecule has 9 heteroatoms. The van der Waals surface area contributed by atoms with Crippen LogP contribution in [0.4, 0.5) is 0 Å². The van der Waals surface area contributed by atoms with E-state index < -0.39 is 0 Å². The average molecular weight is 539 g/mol. The molecule has 0 radical (unpaired) electrons. The zero-order valence-electron chi connectivity index (χ0n) is 23.0. The first-order valence-corrected chi connectivity index (χ1v) is 13.2. The Balaban J connectivity index is 0.000000235. The van der Waals surface area contributed by atoms with Gasteiger partial charge in [0.05, 0.1) is 36.1 Å². The number of imidazole rings is 1. The maximum Gasteiger partial charge on any atom is 0.293 e. The van der Waals surface area contributed by atoms with Crippen molar-refractivity contribution >= 4 is 29.7 Å². The van der Waals surface area contributed by atoms with E-state index >= 15 is 0 Å². The van der Waals surface area contributed by atoms with Crippen LogP contribution in [0.1, 0.15) is 48.0 Å². The SMILES string of the molecule is CC(C)OC=O.CN1CCN(C)CC1.Cn1cncc1C(N)C1=Cc2cccnc2Cc2ccc(Cl)cc21. The lowest BCUT2D eigenvalue weighted by atomic mass is 9.92. The molecular formula is C29H39ClN6O2. The summed E-state index contributed by atoms with van der Waals surface area (Å²) in [4.78, 5) is 22.9. The van der Waals surface area contributed by atoms with E-state index in [9.17, 15) is 4.79 Å². The molecule has 2 aliphatic rings. The van der Waals surface area contributed by atoms with Gasteiger partial charge in [-0.3, -0.25) is 9.78 Å². The van der Waals surface area contributed by atoms with Crippen molar-refractivity contribution in [1.29, 1.82) is 0 Å². The number of pyridine rings is 1. The third kappa shape index (κ3) is 8.23. The van der Waals surface area contributed by atoms with E-state index in [4.69, 9.17) is 17.3 Å². The van der Waals surface area contributed by atoms with Crippen LogP contribution in [0.5, 0.6) is 0 Å². The molecule has 1 aliphatic heterocycles. The molecule has 3 heterocycles. The average Bonchev–Trinajstić information content (AvgIpc) is 3.25. The van der Waals surface area contributed by atoms with E-state index in [-0.39, 0.29) is 12.1 Å². The van der Waals surface area contributed by atoms with Gasteiger partial charge in [0.2, 0.25) is 0 Å². The van der Waals surface area contributed by atoms with Gasteiger partial charge < -0.3 is 24.8 Å². The molecule has 8 nitrogen and oxygen atoms in total. The Kier molecular flexibility index (Phi) is 11.0. The summed E-state index contributed by atoms with van der Waals surface area (Å²) in [6.07, 6.45) is 8.32. The van der Waals surface area contributed by atoms with Crippen LogP contribution in [0, 0.1) is 0 Å². The van der Waals surface area contributed by atoms with Crippen LogP contribution in [-0.2, 0) is 23.0 Å². The number of ether oxygens (including phenoxy) is 1. The summed E-state index contributed by atoms with van der Waals surface area (Å²) < 4.78 is 6.31. The van der Waals surface area contributed by atoms with Crippen molar-refractivity contribution in [2.45, 2.75) is 32.4 Å². The van der Waals surface area contributed by atoms with Crippen molar-refractivity contribution in [3.8, 4) is 0 Å². The first-order valence-electron chi connectivity index (χ1n) is 12.8. The summed E-state index contributed by atoms with van der Waals surface area (Å²) in [6.45, 7) is 8.98. The fourth-order valence-electron chi connectivity index (χ4n) is 4.23. The number of carbonyl (C=O) groups excluding carboxylic acids is 1. The number of likely N-dealkylation sites (N-methyl/N-ethyl adjacent to an activating group) is 2. The number of aryl methyl sites for hydroxylation is 1. The lowest BCUT2D eigenvalue weighted by Gasteiger charge is -2.28. The predicted octanol–water partition coefficient (Wildman–Crippen LogP) is 4.04. The van der Waals surface area contributed by atoms with Gasteiger partial charge in [0.1, 0.15) is 0 Å². The summed E-state index contributed by atoms with van der Waals surface area (Å²) in [5, 5.41) is 0.704. The first kappa shape index (κ1) is 29.5. The number of nitrogens with two attached hydrogens (primary N) is 1. The molecule has 1 fully saturated rings. The summed E-state index contributed by atoms with van der Waals surface area (Å²) >= 11 is 6.27. The Morgan fingerprint density at radius 2 is 1.76 bits per heavy atom. The zero-order chi connectivity index (χ0) is 27.7. The first-order chi connectivity index (χ1) is 18.2. The predicted molar refractivity (Wildman–Crippen MR) is 154 cm³/mol. The second-order valence-electron chi connectivity index (χ2n) is 9.91. The van der Waals surface area contributed by atoms with Gasteiger partial charge in [-0.2, -0.15) is 0 Å². The molecule has 0 saturated carbocycles. The molecule has 5 rings (SSSR count). The molecule has 0 spiro atoms. The molecule has 1 aliphatic carbocycles. The molecule has 0 amide bonds. The van der Waals surface area contributed by atoms with Crippen molar-refractivity contribution < 1.29 is 9.53 Å². The summed E-state index contributed by atoms with van der Waals surface area (Å²) in [6, 6.07) is 9.70. The van der Waals surface area contributed by atoms with Crippen molar-refractivity contribution in [3.63, 3.8) is 0 Å². The normalized spacial score (nSPS) is 15.9. The minimum Gasteiger partial charge on any atom is -0.465 e. The fraction of sp³-hybridized carbons (Fsp3) is 0.414. The highest BCUT2D eigenvalue weighted by atomic mass is 35.5. The molecule has 1 unspecified atom stereocenters. The van der Waals surface area contributed by atoms with E-state index in [1.807, 2.05) is 42.2 Å². The van der Waals surface area contributed by atoms with E-state index in [0.29, 0.717) is 11.5 Å². The number of piperazine rings is 1. The van der Waals surface area contributed by atoms with E-state index in [2.05, 4.69) is 56.8 Å². The van der Waals surface area contributed by atoms with Crippen LogP contribution in [0.15, 0.2) is 49.1 Å². The number of aromatic nitrogens is 3. The summed E-state index contributed by atoms with van der Waals surface area (Å²) in [5.74, 6) is 0. The van der Waals surface area contributed by atoms with Crippen LogP contribution in [0.3, 0.4) is 0 Å². The minimum absolute atomic E-state index is 0.0301. The van der Waals surface area contributed by atoms with E-state index in [1.54, 1.807) is 20.2 Å². The lowest BCUT2D eigenvalue weighted by molar-refractivity contribution is -0.131. The molecule has 38 heavy (non-hydrogen) atoms. The number of hydrogen-bond acceptors (Lipinski definition) is 7. The standard InChI is InChI=1S/C19H17ClN4.C6H14N2.C4H8O2/c1-24-11-22-10-18(24)19(21)16-7-13-3-2-6-23-17(13)8-12-4-5-14(20)9-15(12)16;1-7-3-5-8(2)6-4-7;1-4(2)6-3-5/h2-7,9-11,19H,8,21H2,1H3;3-6H2,1-2H3;3-4H,1-2H3. The van der Waals surface area contributed by atoms with Crippen molar-refractivity contribution in [3.05, 3.63) is 82.2 Å². The monoisotopic (exact) mass is 538 g/mol. The van der Waals surface area contributed by atoms with Crippen LogP contribution in [-0.4, -0.2) is 77.2 Å². The highest BCUT2D eigenvalue weighted by Gasteiger charge is 2.23. The Morgan fingerprint density at radius 3 is 2.32 bits per heavy atom. The largest absolute Gasteiger partial charge is 0.465 e. The number of hydrogen-bond donors (Lipinski definition) is 1. The zero-order valence-corrected chi connectivity index (χ0v) is 23.7. The molecule has 2 N–H and O–H groups in total. The van der Waals surface area contributed by atoms with Crippen molar-refractivity contribution in [2.75, 3.05) is 40.3 Å². The van der Waals surface area contributed by atoms with Crippen LogP contribution >= 0.6 is 11.6 Å². The van der Waals surface area contributed by atoms with Gasteiger partial charge in [0, 0.05) is 50.9 Å². The highest BCUT2D eigenvalue weighted by molar-refractivity contribution is 6.30. The van der Waals surface area contributed by atoms with Crippen LogP contribution in [0.25, 0.3) is 11.6 Å². The van der Waals surface area contributed by atoms with E-state index in [1.165, 1.54) is 31.7 Å². The molecule has 0 bridgehead atoms. The molecule has 3 aromatic rings. The second-order valence-corrected chi connectivity index (χ2v) is 10.3. The number of nitrogens with zero attached hydrogens (tertiary/aromatic N) is 5. The smallest absolute Gasteiger partial charge is 0.293 e. The maximum atomic E-state index is 9.39. The Hall–Kier alpha value is -3.04. The maximum absolute atomic E-state index is 9.39. The van der Waals surface area contributed by atoms with E-state index in [0.717, 1.165) is 34.5 Å². The molecule has 1 atom stereocenters. The van der Waals surface area contributed by atoms with Gasteiger partial charge in [-0.25, -0.2) is 4.98 Å². The third-order valence-electron chi connectivity index (χ3n) is 6.54.